The van der Waals surface area contributed by atoms with Gasteiger partial charge in [0.15, 0.2) is 0 Å². The van der Waals surface area contributed by atoms with Gasteiger partial charge in [0.1, 0.15) is 4.90 Å². The minimum absolute atomic E-state index is 0.156. The zero-order chi connectivity index (χ0) is 15.6. The highest BCUT2D eigenvalue weighted by atomic mass is 79.9. The van der Waals surface area contributed by atoms with Gasteiger partial charge in [-0.25, -0.2) is 8.42 Å². The summed E-state index contributed by atoms with van der Waals surface area (Å²) in [5, 5.41) is 0. The van der Waals surface area contributed by atoms with E-state index in [1.807, 2.05) is 6.07 Å². The van der Waals surface area contributed by atoms with E-state index in [-0.39, 0.29) is 11.4 Å². The first-order valence-corrected chi connectivity index (χ1v) is 8.94. The molecule has 1 aromatic heterocycles. The molecule has 1 aromatic carbocycles. The summed E-state index contributed by atoms with van der Waals surface area (Å²) >= 11 is 6.52. The fourth-order valence-corrected chi connectivity index (χ4v) is 5.51. The van der Waals surface area contributed by atoms with Crippen molar-refractivity contribution in [2.45, 2.75) is 11.4 Å². The predicted octanol–water partition coefficient (Wildman–Crippen LogP) is 3.01. The van der Waals surface area contributed by atoms with Gasteiger partial charge in [0, 0.05) is 40.6 Å². The summed E-state index contributed by atoms with van der Waals surface area (Å²) in [5.74, 6) is 0. The van der Waals surface area contributed by atoms with E-state index < -0.39 is 10.0 Å². The molecule has 2 rings (SSSR count). The van der Waals surface area contributed by atoms with E-state index in [1.54, 1.807) is 30.6 Å². The van der Waals surface area contributed by atoms with Crippen LogP contribution in [0.25, 0.3) is 0 Å². The lowest BCUT2D eigenvalue weighted by molar-refractivity contribution is 0.465. The van der Waals surface area contributed by atoms with Crippen molar-refractivity contribution in [2.24, 2.45) is 0 Å². The van der Waals surface area contributed by atoms with Crippen LogP contribution in [0.2, 0.25) is 0 Å². The zero-order valence-corrected chi connectivity index (χ0v) is 15.1. The van der Waals surface area contributed by atoms with E-state index in [0.29, 0.717) is 14.6 Å². The van der Waals surface area contributed by atoms with Crippen LogP contribution in [-0.2, 0) is 16.6 Å². The highest BCUT2D eigenvalue weighted by Crippen LogP contribution is 2.34. The molecule has 0 spiro atoms. The summed E-state index contributed by atoms with van der Waals surface area (Å²) in [4.78, 5) is 4.14. The molecule has 21 heavy (non-hydrogen) atoms. The molecule has 0 fully saturated rings. The Hall–Kier alpha value is -0.960. The third kappa shape index (κ3) is 3.63. The lowest BCUT2D eigenvalue weighted by Gasteiger charge is -2.19. The standard InChI is InChI=1S/C13H13Br2N3O2S/c1-18(8-9-3-2-4-17-7-9)21(19,20)13-11(14)5-10(16)6-12(13)15/h2-7H,8,16H2,1H3. The van der Waals surface area contributed by atoms with E-state index in [4.69, 9.17) is 5.73 Å². The average molecular weight is 435 g/mol. The number of rotatable bonds is 4. The molecular weight excluding hydrogens is 422 g/mol. The number of halogens is 2. The number of benzene rings is 1. The highest BCUT2D eigenvalue weighted by Gasteiger charge is 2.26. The first-order chi connectivity index (χ1) is 9.82. The predicted molar refractivity (Wildman–Crippen MR) is 89.1 cm³/mol. The molecule has 0 amide bonds. The monoisotopic (exact) mass is 433 g/mol. The van der Waals surface area contributed by atoms with Crippen LogP contribution >= 0.6 is 31.9 Å². The van der Waals surface area contributed by atoms with Crippen LogP contribution in [0.4, 0.5) is 5.69 Å². The Balaban J connectivity index is 2.38. The van der Waals surface area contributed by atoms with Gasteiger partial charge in [-0.15, -0.1) is 0 Å². The Bertz CT molecular complexity index is 728. The van der Waals surface area contributed by atoms with Crippen LogP contribution in [0, 0.1) is 0 Å². The van der Waals surface area contributed by atoms with Gasteiger partial charge in [-0.1, -0.05) is 6.07 Å². The van der Waals surface area contributed by atoms with Gasteiger partial charge in [-0.2, -0.15) is 4.31 Å². The second kappa shape index (κ2) is 6.43. The van der Waals surface area contributed by atoms with Gasteiger partial charge in [-0.3, -0.25) is 4.98 Å². The molecule has 1 heterocycles. The fraction of sp³-hybridized carbons (Fsp3) is 0.154. The summed E-state index contributed by atoms with van der Waals surface area (Å²) in [6.07, 6.45) is 3.28. The number of nitrogen functional groups attached to an aromatic ring is 1. The van der Waals surface area contributed by atoms with Crippen molar-refractivity contribution in [1.82, 2.24) is 9.29 Å². The van der Waals surface area contributed by atoms with Crippen LogP contribution < -0.4 is 5.73 Å². The van der Waals surface area contributed by atoms with Crippen LogP contribution in [0.1, 0.15) is 5.56 Å². The Morgan fingerprint density at radius 3 is 2.43 bits per heavy atom. The van der Waals surface area contributed by atoms with E-state index in [0.717, 1.165) is 5.56 Å². The molecule has 8 heteroatoms. The van der Waals surface area contributed by atoms with E-state index >= 15 is 0 Å². The first kappa shape index (κ1) is 16.4. The topological polar surface area (TPSA) is 76.3 Å². The lowest BCUT2D eigenvalue weighted by Crippen LogP contribution is -2.27. The number of aromatic nitrogens is 1. The molecule has 5 nitrogen and oxygen atoms in total. The summed E-state index contributed by atoms with van der Waals surface area (Å²) in [6.45, 7) is 0.236. The quantitative estimate of drug-likeness (QED) is 0.750. The molecule has 0 aliphatic carbocycles. The van der Waals surface area contributed by atoms with Gasteiger partial charge in [-0.05, 0) is 55.6 Å². The van der Waals surface area contributed by atoms with Crippen LogP contribution in [0.5, 0.6) is 0 Å². The second-order valence-corrected chi connectivity index (χ2v) is 8.13. The van der Waals surface area contributed by atoms with Crippen molar-refractivity contribution in [3.63, 3.8) is 0 Å². The van der Waals surface area contributed by atoms with Crippen LogP contribution in [-0.4, -0.2) is 24.8 Å². The summed E-state index contributed by atoms with van der Waals surface area (Å²) in [7, 11) is -2.13. The smallest absolute Gasteiger partial charge is 0.245 e. The summed E-state index contributed by atoms with van der Waals surface area (Å²) < 4.78 is 27.5. The van der Waals surface area contributed by atoms with Crippen molar-refractivity contribution in [3.8, 4) is 0 Å². The van der Waals surface area contributed by atoms with Crippen molar-refractivity contribution in [2.75, 3.05) is 12.8 Å². The van der Waals surface area contributed by atoms with E-state index in [9.17, 15) is 8.42 Å². The molecule has 2 aromatic rings. The maximum absolute atomic E-state index is 12.7. The largest absolute Gasteiger partial charge is 0.399 e. The normalized spacial score (nSPS) is 11.8. The SMILES string of the molecule is CN(Cc1cccnc1)S(=O)(=O)c1c(Br)cc(N)cc1Br. The van der Waals surface area contributed by atoms with Gasteiger partial charge in [0.05, 0.1) is 0 Å². The van der Waals surface area contributed by atoms with Crippen LogP contribution in [0.3, 0.4) is 0 Å². The third-order valence-electron chi connectivity index (χ3n) is 2.82. The molecule has 112 valence electrons. The molecule has 0 aliphatic heterocycles. The zero-order valence-electron chi connectivity index (χ0n) is 11.1. The lowest BCUT2D eigenvalue weighted by atomic mass is 10.3. The number of nitrogens with zero attached hydrogens (tertiary/aromatic N) is 2. The molecule has 0 saturated carbocycles. The van der Waals surface area contributed by atoms with Gasteiger partial charge >= 0.3 is 0 Å². The van der Waals surface area contributed by atoms with Crippen molar-refractivity contribution in [1.29, 1.82) is 0 Å². The minimum Gasteiger partial charge on any atom is -0.399 e. The Labute approximate surface area is 140 Å². The van der Waals surface area contributed by atoms with E-state index in [2.05, 4.69) is 36.8 Å². The summed E-state index contributed by atoms with van der Waals surface area (Å²) in [5.41, 5.74) is 6.98. The first-order valence-electron chi connectivity index (χ1n) is 5.92. The molecule has 0 aliphatic rings. The van der Waals surface area contributed by atoms with Crippen LogP contribution in [0.15, 0.2) is 50.5 Å². The number of nitrogens with two attached hydrogens (primary N) is 1. The van der Waals surface area contributed by atoms with Gasteiger partial charge in [0.25, 0.3) is 0 Å². The summed E-state index contributed by atoms with van der Waals surface area (Å²) in [6, 6.07) is 6.72. The van der Waals surface area contributed by atoms with Crippen molar-refractivity contribution in [3.05, 3.63) is 51.2 Å². The number of hydrogen-bond acceptors (Lipinski definition) is 4. The van der Waals surface area contributed by atoms with Crippen molar-refractivity contribution < 1.29 is 8.42 Å². The van der Waals surface area contributed by atoms with E-state index in [1.165, 1.54) is 11.4 Å². The molecule has 0 radical (unpaired) electrons. The molecule has 0 unspecified atom stereocenters. The third-order valence-corrected chi connectivity index (χ3v) is 6.50. The fourth-order valence-electron chi connectivity index (χ4n) is 1.82. The average Bonchev–Trinajstić information content (AvgIpc) is 2.38. The molecule has 0 bridgehead atoms. The number of pyridine rings is 1. The Kier molecular flexibility index (Phi) is 5.03. The second-order valence-electron chi connectivity index (χ2n) is 4.44. The number of hydrogen-bond donors (Lipinski definition) is 1. The molecule has 0 atom stereocenters. The van der Waals surface area contributed by atoms with Crippen molar-refractivity contribution >= 4 is 47.6 Å². The highest BCUT2D eigenvalue weighted by molar-refractivity contribution is 9.11. The van der Waals surface area contributed by atoms with Gasteiger partial charge in [0.2, 0.25) is 10.0 Å². The molecule has 2 N–H and O–H groups in total. The molecular formula is C13H13Br2N3O2S. The molecule has 0 saturated heterocycles. The number of anilines is 1. The maximum atomic E-state index is 12.7. The van der Waals surface area contributed by atoms with Gasteiger partial charge < -0.3 is 5.73 Å². The number of sulfonamides is 1. The Morgan fingerprint density at radius 1 is 1.29 bits per heavy atom. The minimum atomic E-state index is -3.66. The Morgan fingerprint density at radius 2 is 1.90 bits per heavy atom. The maximum Gasteiger partial charge on any atom is 0.245 e.